The molecule has 54 heavy (non-hydrogen) atoms. The van der Waals surface area contributed by atoms with Gasteiger partial charge in [-0.25, -0.2) is 19.9 Å². The molecule has 0 saturated carbocycles. The molecular formula is C47H32N6O. The molecule has 0 atom stereocenters. The van der Waals surface area contributed by atoms with E-state index in [0.29, 0.717) is 22.3 Å². The van der Waals surface area contributed by atoms with Crippen LogP contribution in [0.4, 0.5) is 11.4 Å². The third-order valence-electron chi connectivity index (χ3n) is 10.3. The normalized spacial score (nSPS) is 14.6. The number of carbonyl (C=O) groups excluding carboxylic acids is 1. The van der Waals surface area contributed by atoms with E-state index in [1.807, 2.05) is 48.5 Å². The molecule has 0 bridgehead atoms. The number of amides is 1. The van der Waals surface area contributed by atoms with Crippen molar-refractivity contribution in [1.29, 1.82) is 0 Å². The molecule has 9 rings (SSSR count). The number of aryl methyl sites for hydroxylation is 3. The van der Waals surface area contributed by atoms with E-state index in [1.165, 1.54) is 0 Å². The van der Waals surface area contributed by atoms with E-state index < -0.39 is 0 Å². The zero-order valence-electron chi connectivity index (χ0n) is 29.7. The van der Waals surface area contributed by atoms with Gasteiger partial charge in [-0.05, 0) is 115 Å². The predicted octanol–water partition coefficient (Wildman–Crippen LogP) is 9.33. The van der Waals surface area contributed by atoms with Gasteiger partial charge in [-0.1, -0.05) is 54.8 Å². The highest BCUT2D eigenvalue weighted by Crippen LogP contribution is 2.46. The van der Waals surface area contributed by atoms with Crippen molar-refractivity contribution in [3.05, 3.63) is 159 Å². The molecule has 256 valence electrons. The monoisotopic (exact) mass is 696 g/mol. The Labute approximate surface area is 313 Å². The van der Waals surface area contributed by atoms with Gasteiger partial charge in [0.2, 0.25) is 0 Å². The van der Waals surface area contributed by atoms with Crippen LogP contribution in [-0.4, -0.2) is 25.8 Å². The van der Waals surface area contributed by atoms with E-state index in [9.17, 15) is 4.79 Å². The molecule has 2 heterocycles. The van der Waals surface area contributed by atoms with E-state index in [2.05, 4.69) is 67.2 Å². The van der Waals surface area contributed by atoms with E-state index in [4.69, 9.17) is 32.8 Å². The summed E-state index contributed by atoms with van der Waals surface area (Å²) in [6, 6.07) is 25.2. The fourth-order valence-electron chi connectivity index (χ4n) is 7.68. The number of allylic oxidation sites excluding steroid dienone is 3. The molecule has 2 aromatic heterocycles. The minimum absolute atomic E-state index is 0.249. The molecule has 3 aliphatic rings. The van der Waals surface area contributed by atoms with Crippen LogP contribution in [-0.2, 0) is 6.42 Å². The number of aromatic nitrogens is 4. The maximum absolute atomic E-state index is 13.4. The summed E-state index contributed by atoms with van der Waals surface area (Å²) in [5, 5.41) is 6.44. The van der Waals surface area contributed by atoms with E-state index in [-0.39, 0.29) is 5.91 Å². The molecule has 0 aliphatic heterocycles. The number of anilines is 2. The van der Waals surface area contributed by atoms with Crippen molar-refractivity contribution < 1.29 is 4.79 Å². The minimum Gasteiger partial charge on any atom is -0.356 e. The number of nitrogens with one attached hydrogen (secondary N) is 2. The molecule has 4 aromatic carbocycles. The van der Waals surface area contributed by atoms with Gasteiger partial charge in [0, 0.05) is 44.9 Å². The summed E-state index contributed by atoms with van der Waals surface area (Å²) in [5.74, 6) is 5.10. The number of hydrogen-bond donors (Lipinski definition) is 2. The quantitative estimate of drug-likeness (QED) is 0.174. The summed E-state index contributed by atoms with van der Waals surface area (Å²) >= 11 is 0. The van der Waals surface area contributed by atoms with Crippen LogP contribution < -0.4 is 10.6 Å². The number of benzene rings is 4. The van der Waals surface area contributed by atoms with Crippen LogP contribution in [0.5, 0.6) is 0 Å². The van der Waals surface area contributed by atoms with E-state index in [0.717, 1.165) is 108 Å². The van der Waals surface area contributed by atoms with Crippen LogP contribution in [0.3, 0.4) is 0 Å². The number of terminal acetylenes is 2. The second-order valence-corrected chi connectivity index (χ2v) is 13.6. The van der Waals surface area contributed by atoms with Crippen LogP contribution >= 0.6 is 0 Å². The summed E-state index contributed by atoms with van der Waals surface area (Å²) in [5.41, 5.74) is 18.5. The molecule has 0 fully saturated rings. The fraction of sp³-hybridized carbons (Fsp3) is 0.0851. The zero-order chi connectivity index (χ0) is 37.1. The molecular weight excluding hydrogens is 665 g/mol. The first-order valence-corrected chi connectivity index (χ1v) is 17.7. The molecule has 0 unspecified atom stereocenters. The smallest absolute Gasteiger partial charge is 0.255 e. The molecule has 7 heteroatoms. The summed E-state index contributed by atoms with van der Waals surface area (Å²) in [4.78, 5) is 33.4. The molecule has 0 saturated heterocycles. The van der Waals surface area contributed by atoms with Crippen molar-refractivity contribution in [1.82, 2.24) is 19.9 Å². The van der Waals surface area contributed by atoms with Gasteiger partial charge in [0.1, 0.15) is 0 Å². The Hall–Kier alpha value is -7.35. The Kier molecular flexibility index (Phi) is 7.66. The minimum atomic E-state index is -0.249. The Bertz CT molecular complexity index is 2840. The van der Waals surface area contributed by atoms with Gasteiger partial charge in [-0.15, -0.1) is 12.8 Å². The maximum Gasteiger partial charge on any atom is 0.255 e. The second-order valence-electron chi connectivity index (χ2n) is 13.6. The Morgan fingerprint density at radius 3 is 1.94 bits per heavy atom. The SMILES string of the molecule is C#C/C=C1/c2nc3c(nc2-c2cccc(C)c21)C=C(C(=C)Nc1ccc(NC(=O)c2ccc4nc5c(nc4c2)/C(=C/C#C)c2c(C)cccc2-5)cc1)CC3. The molecule has 2 N–H and O–H groups in total. The van der Waals surface area contributed by atoms with Crippen molar-refractivity contribution in [2.24, 2.45) is 0 Å². The van der Waals surface area contributed by atoms with Crippen LogP contribution in [0.1, 0.15) is 61.8 Å². The lowest BCUT2D eigenvalue weighted by Gasteiger charge is -2.19. The third kappa shape index (κ3) is 5.30. The average Bonchev–Trinajstić information content (AvgIpc) is 3.66. The zero-order valence-corrected chi connectivity index (χ0v) is 29.7. The average molecular weight is 697 g/mol. The number of rotatable bonds is 5. The van der Waals surface area contributed by atoms with Crippen molar-refractivity contribution in [2.45, 2.75) is 26.7 Å². The van der Waals surface area contributed by atoms with Gasteiger partial charge < -0.3 is 10.6 Å². The number of carbonyl (C=O) groups is 1. The Morgan fingerprint density at radius 2 is 1.30 bits per heavy atom. The topological polar surface area (TPSA) is 92.7 Å². The summed E-state index contributed by atoms with van der Waals surface area (Å²) < 4.78 is 0. The van der Waals surface area contributed by atoms with Gasteiger partial charge in [-0.3, -0.25) is 4.79 Å². The Balaban J connectivity index is 0.908. The highest BCUT2D eigenvalue weighted by molar-refractivity contribution is 6.07. The fourth-order valence-corrected chi connectivity index (χ4v) is 7.68. The number of nitrogens with zero attached hydrogens (tertiary/aromatic N) is 4. The predicted molar refractivity (Wildman–Crippen MR) is 217 cm³/mol. The lowest BCUT2D eigenvalue weighted by atomic mass is 9.96. The van der Waals surface area contributed by atoms with Gasteiger partial charge in [0.25, 0.3) is 5.91 Å². The van der Waals surface area contributed by atoms with Crippen LogP contribution in [0.25, 0.3) is 50.8 Å². The van der Waals surface area contributed by atoms with Gasteiger partial charge >= 0.3 is 0 Å². The number of hydrogen-bond acceptors (Lipinski definition) is 6. The molecule has 3 aliphatic carbocycles. The second kappa shape index (κ2) is 12.7. The molecule has 0 spiro atoms. The van der Waals surface area contributed by atoms with Crippen molar-refractivity contribution >= 4 is 45.5 Å². The standard InChI is InChI=1S/C47H32N6O/c1-6-10-33-41-26(3)13-9-15-36(41)46-43(33)50-37-22-16-29(24-39(37)52-46)28(5)48-31-18-20-32(21-19-31)49-47(54)30-17-23-38-40(25-30)53-44-34(11-7-2)42-27(4)12-8-14-35(42)45(44)51-38/h1-2,8-15,17-21,23-25,48H,5,16,22H2,3-4H3,(H,49,54)/b33-10+,34-11+. The van der Waals surface area contributed by atoms with Gasteiger partial charge in [0.15, 0.2) is 0 Å². The molecule has 6 aromatic rings. The van der Waals surface area contributed by atoms with Gasteiger partial charge in [0.05, 0.1) is 45.2 Å². The highest BCUT2D eigenvalue weighted by Gasteiger charge is 2.31. The summed E-state index contributed by atoms with van der Waals surface area (Å²) in [6.07, 6.45) is 18.5. The first kappa shape index (κ1) is 32.6. The van der Waals surface area contributed by atoms with Crippen LogP contribution in [0.15, 0.2) is 109 Å². The molecule has 1 amide bonds. The molecule has 7 nitrogen and oxygen atoms in total. The lowest BCUT2D eigenvalue weighted by molar-refractivity contribution is 0.102. The highest BCUT2D eigenvalue weighted by atomic mass is 16.1. The first-order valence-electron chi connectivity index (χ1n) is 17.7. The van der Waals surface area contributed by atoms with Crippen LogP contribution in [0, 0.1) is 38.5 Å². The van der Waals surface area contributed by atoms with E-state index >= 15 is 0 Å². The Morgan fingerprint density at radius 1 is 0.704 bits per heavy atom. The summed E-state index contributed by atoms with van der Waals surface area (Å²) in [7, 11) is 0. The van der Waals surface area contributed by atoms with E-state index in [1.54, 1.807) is 24.3 Å². The van der Waals surface area contributed by atoms with Crippen molar-refractivity contribution in [2.75, 3.05) is 10.6 Å². The molecule has 0 radical (unpaired) electrons. The van der Waals surface area contributed by atoms with Crippen molar-refractivity contribution in [3.8, 4) is 47.2 Å². The number of fused-ring (bicyclic) bond motifs is 8. The van der Waals surface area contributed by atoms with Crippen molar-refractivity contribution in [3.63, 3.8) is 0 Å². The maximum atomic E-state index is 13.4. The summed E-state index contributed by atoms with van der Waals surface area (Å²) in [6.45, 7) is 8.48. The lowest BCUT2D eigenvalue weighted by Crippen LogP contribution is -2.12. The van der Waals surface area contributed by atoms with Gasteiger partial charge in [-0.2, -0.15) is 0 Å². The first-order chi connectivity index (χ1) is 26.3. The largest absolute Gasteiger partial charge is 0.356 e. The third-order valence-corrected chi connectivity index (χ3v) is 10.3. The van der Waals surface area contributed by atoms with Crippen LogP contribution in [0.2, 0.25) is 0 Å².